The standard InChI is InChI=1S/C30H30O5/c1-2-35-19-23-17-25(14-21-5-10-28(32)11-6-21)30(34)26(18-23)16-22-7-12-29(33)24(15-22)13-20-3-8-27(31)9-4-20/h3-12,15,17-18,31-34H,2,13-14,16,19H2,1H3. The lowest BCUT2D eigenvalue weighted by Gasteiger charge is -2.15. The van der Waals surface area contributed by atoms with Crippen LogP contribution in [0.4, 0.5) is 0 Å². The molecular weight excluding hydrogens is 440 g/mol. The smallest absolute Gasteiger partial charge is 0.122 e. The number of hydrogen-bond acceptors (Lipinski definition) is 5. The van der Waals surface area contributed by atoms with Crippen LogP contribution >= 0.6 is 0 Å². The summed E-state index contributed by atoms with van der Waals surface area (Å²) < 4.78 is 5.63. The summed E-state index contributed by atoms with van der Waals surface area (Å²) in [4.78, 5) is 0. The molecule has 0 atom stereocenters. The van der Waals surface area contributed by atoms with Gasteiger partial charge in [-0.05, 0) is 88.3 Å². The van der Waals surface area contributed by atoms with Crippen LogP contribution in [-0.4, -0.2) is 27.0 Å². The van der Waals surface area contributed by atoms with Crippen LogP contribution in [0.1, 0.15) is 45.9 Å². The molecule has 0 saturated heterocycles. The van der Waals surface area contributed by atoms with Crippen LogP contribution in [0.2, 0.25) is 0 Å². The van der Waals surface area contributed by atoms with Gasteiger partial charge in [-0.2, -0.15) is 0 Å². The lowest BCUT2D eigenvalue weighted by atomic mass is 9.93. The molecule has 5 nitrogen and oxygen atoms in total. The molecule has 0 radical (unpaired) electrons. The third-order valence-corrected chi connectivity index (χ3v) is 6.00. The van der Waals surface area contributed by atoms with Crippen LogP contribution in [0.5, 0.6) is 23.0 Å². The lowest BCUT2D eigenvalue weighted by Crippen LogP contribution is -2.00. The van der Waals surface area contributed by atoms with Gasteiger partial charge in [-0.25, -0.2) is 0 Å². The maximum atomic E-state index is 11.1. The summed E-state index contributed by atoms with van der Waals surface area (Å²) in [6.07, 6.45) is 1.56. The first kappa shape index (κ1) is 24.2. The highest BCUT2D eigenvalue weighted by molar-refractivity contribution is 5.49. The molecule has 0 fully saturated rings. The van der Waals surface area contributed by atoms with Crippen molar-refractivity contribution < 1.29 is 25.2 Å². The Labute approximate surface area is 205 Å². The molecule has 180 valence electrons. The van der Waals surface area contributed by atoms with Crippen molar-refractivity contribution in [2.75, 3.05) is 6.61 Å². The zero-order chi connectivity index (χ0) is 24.8. The average Bonchev–Trinajstić information content (AvgIpc) is 2.85. The van der Waals surface area contributed by atoms with Crippen LogP contribution in [-0.2, 0) is 30.6 Å². The van der Waals surface area contributed by atoms with Crippen molar-refractivity contribution in [3.05, 3.63) is 118 Å². The molecule has 4 aromatic rings. The highest BCUT2D eigenvalue weighted by Crippen LogP contribution is 2.31. The SMILES string of the molecule is CCOCc1cc(Cc2ccc(O)cc2)c(O)c(Cc2ccc(O)c(Cc3ccc(O)cc3)c2)c1. The molecule has 0 aliphatic rings. The molecule has 0 spiro atoms. The Morgan fingerprint density at radius 3 is 1.54 bits per heavy atom. The second kappa shape index (κ2) is 11.0. The Morgan fingerprint density at radius 1 is 0.543 bits per heavy atom. The average molecular weight is 471 g/mol. The summed E-state index contributed by atoms with van der Waals surface area (Å²) in [5.41, 5.74) is 6.28. The zero-order valence-electron chi connectivity index (χ0n) is 19.7. The number of phenols is 4. The molecule has 0 saturated carbocycles. The van der Waals surface area contributed by atoms with Gasteiger partial charge in [-0.3, -0.25) is 0 Å². The summed E-state index contributed by atoms with van der Waals surface area (Å²) in [5, 5.41) is 40.6. The van der Waals surface area contributed by atoms with E-state index in [-0.39, 0.29) is 23.0 Å². The number of hydrogen-bond donors (Lipinski definition) is 4. The summed E-state index contributed by atoms with van der Waals surface area (Å²) in [6, 6.07) is 23.4. The Balaban J connectivity index is 1.63. The van der Waals surface area contributed by atoms with Crippen molar-refractivity contribution in [3.63, 3.8) is 0 Å². The van der Waals surface area contributed by atoms with Crippen molar-refractivity contribution in [2.24, 2.45) is 0 Å². The fourth-order valence-corrected chi connectivity index (χ4v) is 4.18. The van der Waals surface area contributed by atoms with E-state index in [2.05, 4.69) is 0 Å². The van der Waals surface area contributed by atoms with Crippen LogP contribution < -0.4 is 0 Å². The fourth-order valence-electron chi connectivity index (χ4n) is 4.18. The summed E-state index contributed by atoms with van der Waals surface area (Å²) in [7, 11) is 0. The van der Waals surface area contributed by atoms with Gasteiger partial charge < -0.3 is 25.2 Å². The number of ether oxygens (including phenoxy) is 1. The van der Waals surface area contributed by atoms with Gasteiger partial charge >= 0.3 is 0 Å². The maximum Gasteiger partial charge on any atom is 0.122 e. The molecule has 0 aliphatic heterocycles. The summed E-state index contributed by atoms with van der Waals surface area (Å²) in [6.45, 7) is 3.00. The zero-order valence-corrected chi connectivity index (χ0v) is 19.7. The minimum atomic E-state index is 0.206. The molecule has 0 aliphatic carbocycles. The fraction of sp³-hybridized carbons (Fsp3) is 0.200. The molecule has 0 heterocycles. The molecule has 4 rings (SSSR count). The second-order valence-corrected chi connectivity index (χ2v) is 8.73. The molecule has 4 aromatic carbocycles. The molecular formula is C30H30O5. The predicted molar refractivity (Wildman–Crippen MR) is 136 cm³/mol. The van der Waals surface area contributed by atoms with E-state index >= 15 is 0 Å². The Morgan fingerprint density at radius 2 is 1.00 bits per heavy atom. The van der Waals surface area contributed by atoms with Crippen LogP contribution in [0, 0.1) is 0 Å². The van der Waals surface area contributed by atoms with Gasteiger partial charge in [0.15, 0.2) is 0 Å². The first-order valence-electron chi connectivity index (χ1n) is 11.7. The first-order valence-corrected chi connectivity index (χ1v) is 11.7. The highest BCUT2D eigenvalue weighted by atomic mass is 16.5. The van der Waals surface area contributed by atoms with Crippen LogP contribution in [0.15, 0.2) is 78.9 Å². The molecule has 0 amide bonds. The van der Waals surface area contributed by atoms with Gasteiger partial charge in [0, 0.05) is 25.9 Å². The Bertz CT molecular complexity index is 1280. The third kappa shape index (κ3) is 6.34. The van der Waals surface area contributed by atoms with E-state index in [1.165, 1.54) is 0 Å². The van der Waals surface area contributed by atoms with E-state index in [1.807, 2.05) is 55.5 Å². The summed E-state index contributed by atoms with van der Waals surface area (Å²) >= 11 is 0. The first-order chi connectivity index (χ1) is 16.9. The van der Waals surface area contributed by atoms with E-state index < -0.39 is 0 Å². The number of rotatable bonds is 9. The van der Waals surface area contributed by atoms with Gasteiger partial charge in [-0.15, -0.1) is 0 Å². The normalized spacial score (nSPS) is 11.0. The molecule has 0 bridgehead atoms. The molecule has 0 aromatic heterocycles. The number of aromatic hydroxyl groups is 4. The van der Waals surface area contributed by atoms with E-state index in [0.717, 1.165) is 38.9 Å². The Hall–Kier alpha value is -3.96. The van der Waals surface area contributed by atoms with Crippen LogP contribution in [0.25, 0.3) is 0 Å². The molecule has 4 N–H and O–H groups in total. The minimum absolute atomic E-state index is 0.206. The number of phenolic OH excluding ortho intramolecular Hbond substituents is 4. The minimum Gasteiger partial charge on any atom is -0.508 e. The van der Waals surface area contributed by atoms with E-state index in [9.17, 15) is 20.4 Å². The van der Waals surface area contributed by atoms with Crippen molar-refractivity contribution >= 4 is 0 Å². The van der Waals surface area contributed by atoms with Gasteiger partial charge in [0.1, 0.15) is 23.0 Å². The van der Waals surface area contributed by atoms with Crippen molar-refractivity contribution in [2.45, 2.75) is 32.8 Å². The van der Waals surface area contributed by atoms with Gasteiger partial charge in [0.2, 0.25) is 0 Å². The van der Waals surface area contributed by atoms with Gasteiger partial charge in [-0.1, -0.05) is 36.4 Å². The van der Waals surface area contributed by atoms with Crippen molar-refractivity contribution in [1.82, 2.24) is 0 Å². The van der Waals surface area contributed by atoms with Gasteiger partial charge in [0.05, 0.1) is 6.61 Å². The second-order valence-electron chi connectivity index (χ2n) is 8.73. The Kier molecular flexibility index (Phi) is 7.58. The number of benzene rings is 4. The van der Waals surface area contributed by atoms with E-state index in [1.54, 1.807) is 30.3 Å². The van der Waals surface area contributed by atoms with E-state index in [0.29, 0.717) is 32.5 Å². The molecule has 35 heavy (non-hydrogen) atoms. The molecule has 0 unspecified atom stereocenters. The maximum absolute atomic E-state index is 11.1. The van der Waals surface area contributed by atoms with Crippen molar-refractivity contribution in [3.8, 4) is 23.0 Å². The highest BCUT2D eigenvalue weighted by Gasteiger charge is 2.13. The monoisotopic (exact) mass is 470 g/mol. The molecule has 5 heteroatoms. The quantitative estimate of drug-likeness (QED) is 0.248. The van der Waals surface area contributed by atoms with Gasteiger partial charge in [0.25, 0.3) is 0 Å². The predicted octanol–water partition coefficient (Wildman–Crippen LogP) is 5.82. The largest absolute Gasteiger partial charge is 0.508 e. The lowest BCUT2D eigenvalue weighted by molar-refractivity contribution is 0.134. The third-order valence-electron chi connectivity index (χ3n) is 6.00. The van der Waals surface area contributed by atoms with E-state index in [4.69, 9.17) is 4.74 Å². The van der Waals surface area contributed by atoms with Crippen molar-refractivity contribution in [1.29, 1.82) is 0 Å². The topological polar surface area (TPSA) is 90.2 Å². The van der Waals surface area contributed by atoms with Crippen LogP contribution in [0.3, 0.4) is 0 Å². The summed E-state index contributed by atoms with van der Waals surface area (Å²) in [5.74, 6) is 0.868.